The van der Waals surface area contributed by atoms with Gasteiger partial charge in [-0.25, -0.2) is 0 Å². The molecular weight excluding hydrogens is 212 g/mol. The van der Waals surface area contributed by atoms with Gasteiger partial charge in [-0.1, -0.05) is 0 Å². The SMILES string of the molecule is Nc1ccsc1CNCc1ccsc1. The lowest BCUT2D eigenvalue weighted by atomic mass is 10.3. The van der Waals surface area contributed by atoms with Crippen LogP contribution in [-0.2, 0) is 13.1 Å². The first kappa shape index (κ1) is 9.71. The highest BCUT2D eigenvalue weighted by molar-refractivity contribution is 7.10. The number of nitrogens with two attached hydrogens (primary N) is 1. The minimum absolute atomic E-state index is 0.860. The van der Waals surface area contributed by atoms with Gasteiger partial charge in [0.2, 0.25) is 0 Å². The van der Waals surface area contributed by atoms with Gasteiger partial charge in [0.1, 0.15) is 0 Å². The molecule has 0 radical (unpaired) electrons. The van der Waals surface area contributed by atoms with Gasteiger partial charge in [-0.3, -0.25) is 0 Å². The highest BCUT2D eigenvalue weighted by atomic mass is 32.1. The van der Waals surface area contributed by atoms with Gasteiger partial charge in [0.25, 0.3) is 0 Å². The average Bonchev–Trinajstić information content (AvgIpc) is 2.78. The van der Waals surface area contributed by atoms with Gasteiger partial charge >= 0.3 is 0 Å². The molecule has 0 unspecified atom stereocenters. The van der Waals surface area contributed by atoms with Crippen LogP contribution in [0.25, 0.3) is 0 Å². The van der Waals surface area contributed by atoms with Gasteiger partial charge in [-0.2, -0.15) is 11.3 Å². The minimum atomic E-state index is 0.860. The quantitative estimate of drug-likeness (QED) is 0.838. The Balaban J connectivity index is 1.81. The molecule has 0 saturated carbocycles. The number of nitrogens with one attached hydrogen (secondary N) is 1. The summed E-state index contributed by atoms with van der Waals surface area (Å²) in [5.74, 6) is 0. The van der Waals surface area contributed by atoms with E-state index in [0.717, 1.165) is 18.8 Å². The van der Waals surface area contributed by atoms with Crippen molar-refractivity contribution in [2.75, 3.05) is 5.73 Å². The summed E-state index contributed by atoms with van der Waals surface area (Å²) in [7, 11) is 0. The Hall–Kier alpha value is -0.840. The first-order valence-electron chi connectivity index (χ1n) is 4.40. The summed E-state index contributed by atoms with van der Waals surface area (Å²) in [4.78, 5) is 1.22. The molecular formula is C10H12N2S2. The first-order valence-corrected chi connectivity index (χ1v) is 6.22. The van der Waals surface area contributed by atoms with Crippen molar-refractivity contribution in [2.24, 2.45) is 0 Å². The molecule has 0 atom stereocenters. The number of nitrogen functional groups attached to an aromatic ring is 1. The van der Waals surface area contributed by atoms with Crippen molar-refractivity contribution in [1.29, 1.82) is 0 Å². The summed E-state index contributed by atoms with van der Waals surface area (Å²) < 4.78 is 0. The van der Waals surface area contributed by atoms with Crippen molar-refractivity contribution in [2.45, 2.75) is 13.1 Å². The van der Waals surface area contributed by atoms with Gasteiger partial charge in [-0.05, 0) is 33.8 Å². The molecule has 0 aliphatic carbocycles. The minimum Gasteiger partial charge on any atom is -0.398 e. The average molecular weight is 224 g/mol. The molecule has 0 amide bonds. The van der Waals surface area contributed by atoms with Crippen molar-refractivity contribution in [3.05, 3.63) is 38.7 Å². The molecule has 2 nitrogen and oxygen atoms in total. The Morgan fingerprint density at radius 1 is 1.21 bits per heavy atom. The van der Waals surface area contributed by atoms with Crippen LogP contribution in [0.15, 0.2) is 28.3 Å². The smallest absolute Gasteiger partial charge is 0.0468 e. The van der Waals surface area contributed by atoms with E-state index in [4.69, 9.17) is 5.73 Å². The first-order chi connectivity index (χ1) is 6.86. The maximum atomic E-state index is 5.77. The fraction of sp³-hybridized carbons (Fsp3) is 0.200. The van der Waals surface area contributed by atoms with E-state index in [-0.39, 0.29) is 0 Å². The fourth-order valence-corrected chi connectivity index (χ4v) is 2.64. The second-order valence-corrected chi connectivity index (χ2v) is 4.81. The summed E-state index contributed by atoms with van der Waals surface area (Å²) >= 11 is 3.43. The van der Waals surface area contributed by atoms with Gasteiger partial charge in [0.05, 0.1) is 0 Å². The molecule has 74 valence electrons. The van der Waals surface area contributed by atoms with E-state index in [1.54, 1.807) is 22.7 Å². The van der Waals surface area contributed by atoms with Gasteiger partial charge in [0.15, 0.2) is 0 Å². The van der Waals surface area contributed by atoms with E-state index in [9.17, 15) is 0 Å². The molecule has 2 rings (SSSR count). The Labute approximate surface area is 91.4 Å². The van der Waals surface area contributed by atoms with Crippen LogP contribution in [0.1, 0.15) is 10.4 Å². The summed E-state index contributed by atoms with van der Waals surface area (Å²) in [6, 6.07) is 4.09. The lowest BCUT2D eigenvalue weighted by Gasteiger charge is -2.01. The molecule has 0 saturated heterocycles. The third-order valence-electron chi connectivity index (χ3n) is 1.97. The summed E-state index contributed by atoms with van der Waals surface area (Å²) in [6.45, 7) is 1.78. The molecule has 0 fully saturated rings. The van der Waals surface area contributed by atoms with Crippen molar-refractivity contribution >= 4 is 28.4 Å². The highest BCUT2D eigenvalue weighted by Gasteiger charge is 1.99. The summed E-state index contributed by atoms with van der Waals surface area (Å²) in [6.07, 6.45) is 0. The maximum absolute atomic E-state index is 5.77. The zero-order chi connectivity index (χ0) is 9.80. The molecule has 0 aliphatic rings. The molecule has 2 aromatic heterocycles. The Kier molecular flexibility index (Phi) is 3.18. The maximum Gasteiger partial charge on any atom is 0.0468 e. The van der Waals surface area contributed by atoms with Gasteiger partial charge in [-0.15, -0.1) is 11.3 Å². The van der Waals surface area contributed by atoms with Crippen molar-refractivity contribution in [3.63, 3.8) is 0 Å². The Morgan fingerprint density at radius 2 is 2.14 bits per heavy atom. The van der Waals surface area contributed by atoms with E-state index >= 15 is 0 Å². The van der Waals surface area contributed by atoms with E-state index in [1.165, 1.54) is 10.4 Å². The van der Waals surface area contributed by atoms with Crippen LogP contribution in [0.4, 0.5) is 5.69 Å². The predicted molar refractivity (Wildman–Crippen MR) is 63.6 cm³/mol. The zero-order valence-corrected chi connectivity index (χ0v) is 9.33. The number of hydrogen-bond donors (Lipinski definition) is 2. The van der Waals surface area contributed by atoms with E-state index in [1.807, 2.05) is 11.4 Å². The fourth-order valence-electron chi connectivity index (χ4n) is 1.21. The Bertz CT molecular complexity index is 378. The monoisotopic (exact) mass is 224 g/mol. The van der Waals surface area contributed by atoms with Crippen LogP contribution in [0.5, 0.6) is 0 Å². The van der Waals surface area contributed by atoms with Crippen LogP contribution in [-0.4, -0.2) is 0 Å². The van der Waals surface area contributed by atoms with E-state index < -0.39 is 0 Å². The largest absolute Gasteiger partial charge is 0.398 e. The standard InChI is InChI=1S/C10H12N2S2/c11-9-2-4-14-10(9)6-12-5-8-1-3-13-7-8/h1-4,7,12H,5-6,11H2. The topological polar surface area (TPSA) is 38.0 Å². The molecule has 0 aromatic carbocycles. The third-order valence-corrected chi connectivity index (χ3v) is 3.64. The predicted octanol–water partition coefficient (Wildman–Crippen LogP) is 2.68. The Morgan fingerprint density at radius 3 is 2.79 bits per heavy atom. The highest BCUT2D eigenvalue weighted by Crippen LogP contribution is 2.18. The second-order valence-electron chi connectivity index (χ2n) is 3.03. The van der Waals surface area contributed by atoms with Crippen molar-refractivity contribution < 1.29 is 0 Å². The van der Waals surface area contributed by atoms with E-state index in [0.29, 0.717) is 0 Å². The molecule has 3 N–H and O–H groups in total. The van der Waals surface area contributed by atoms with Gasteiger partial charge < -0.3 is 11.1 Å². The third kappa shape index (κ3) is 2.35. The van der Waals surface area contributed by atoms with Crippen LogP contribution < -0.4 is 11.1 Å². The number of anilines is 1. The number of rotatable bonds is 4. The number of thiophene rings is 2. The lowest BCUT2D eigenvalue weighted by Crippen LogP contribution is -2.11. The van der Waals surface area contributed by atoms with Crippen LogP contribution in [0.3, 0.4) is 0 Å². The van der Waals surface area contributed by atoms with Crippen molar-refractivity contribution in [3.8, 4) is 0 Å². The van der Waals surface area contributed by atoms with E-state index in [2.05, 4.69) is 22.1 Å². The lowest BCUT2D eigenvalue weighted by molar-refractivity contribution is 0.703. The summed E-state index contributed by atoms with van der Waals surface area (Å²) in [5.41, 5.74) is 8.01. The molecule has 2 aromatic rings. The summed E-state index contributed by atoms with van der Waals surface area (Å²) in [5, 5.41) is 9.64. The molecule has 14 heavy (non-hydrogen) atoms. The van der Waals surface area contributed by atoms with Crippen LogP contribution in [0, 0.1) is 0 Å². The second kappa shape index (κ2) is 4.59. The molecule has 4 heteroatoms. The normalized spacial score (nSPS) is 10.6. The van der Waals surface area contributed by atoms with Crippen LogP contribution >= 0.6 is 22.7 Å². The van der Waals surface area contributed by atoms with Crippen LogP contribution in [0.2, 0.25) is 0 Å². The van der Waals surface area contributed by atoms with Gasteiger partial charge in [0, 0.05) is 23.7 Å². The molecule has 0 aliphatic heterocycles. The zero-order valence-electron chi connectivity index (χ0n) is 7.69. The number of hydrogen-bond acceptors (Lipinski definition) is 4. The molecule has 2 heterocycles. The molecule has 0 spiro atoms. The molecule has 0 bridgehead atoms. The van der Waals surface area contributed by atoms with Crippen molar-refractivity contribution in [1.82, 2.24) is 5.32 Å².